The van der Waals surface area contributed by atoms with Crippen molar-refractivity contribution in [1.29, 1.82) is 0 Å². The van der Waals surface area contributed by atoms with Crippen molar-refractivity contribution >= 4 is 33.4 Å². The molecule has 1 aliphatic heterocycles. The van der Waals surface area contributed by atoms with Gasteiger partial charge in [-0.05, 0) is 46.1 Å². The molecule has 2 nitrogen and oxygen atoms in total. The Morgan fingerprint density at radius 3 is 2.67 bits per heavy atom. The summed E-state index contributed by atoms with van der Waals surface area (Å²) in [6.45, 7) is 1.59. The topological polar surface area (TPSA) is 20.3 Å². The molecule has 1 unspecified atom stereocenters. The van der Waals surface area contributed by atoms with Crippen LogP contribution in [0.4, 0.5) is 0 Å². The van der Waals surface area contributed by atoms with Crippen LogP contribution in [0.15, 0.2) is 53.0 Å². The summed E-state index contributed by atoms with van der Waals surface area (Å²) < 4.78 is 0.758. The maximum absolute atomic E-state index is 12.5. The first-order valence-corrected chi connectivity index (χ1v) is 8.11. The second-order valence-electron chi connectivity index (χ2n) is 5.28. The van der Waals surface area contributed by atoms with Crippen LogP contribution in [0.3, 0.4) is 0 Å². The van der Waals surface area contributed by atoms with Gasteiger partial charge in [0.15, 0.2) is 0 Å². The summed E-state index contributed by atoms with van der Waals surface area (Å²) in [4.78, 5) is 14.5. The predicted octanol–water partition coefficient (Wildman–Crippen LogP) is 4.73. The molecule has 0 bridgehead atoms. The monoisotopic (exact) mass is 363 g/mol. The van der Waals surface area contributed by atoms with E-state index in [-0.39, 0.29) is 5.91 Å². The molecule has 1 atom stereocenters. The normalized spacial score (nSPS) is 18.0. The number of benzene rings is 2. The van der Waals surface area contributed by atoms with Crippen LogP contribution >= 0.6 is 27.5 Å². The maximum atomic E-state index is 12.5. The fourth-order valence-electron chi connectivity index (χ4n) is 2.75. The van der Waals surface area contributed by atoms with Crippen LogP contribution in [0.1, 0.15) is 28.3 Å². The van der Waals surface area contributed by atoms with Gasteiger partial charge in [0.05, 0.1) is 5.02 Å². The lowest BCUT2D eigenvalue weighted by Gasteiger charge is -2.17. The van der Waals surface area contributed by atoms with Crippen LogP contribution < -0.4 is 0 Å². The van der Waals surface area contributed by atoms with E-state index in [9.17, 15) is 4.79 Å². The van der Waals surface area contributed by atoms with Crippen LogP contribution in [0.5, 0.6) is 0 Å². The minimum Gasteiger partial charge on any atom is -0.338 e. The molecule has 2 aromatic carbocycles. The summed E-state index contributed by atoms with van der Waals surface area (Å²) in [5.74, 6) is 0.511. The highest BCUT2D eigenvalue weighted by Gasteiger charge is 2.27. The molecule has 1 fully saturated rings. The summed E-state index contributed by atoms with van der Waals surface area (Å²) in [6.07, 6.45) is 1.02. The van der Waals surface area contributed by atoms with E-state index in [0.29, 0.717) is 16.5 Å². The van der Waals surface area contributed by atoms with Crippen molar-refractivity contribution < 1.29 is 4.79 Å². The third-order valence-electron chi connectivity index (χ3n) is 3.91. The van der Waals surface area contributed by atoms with Crippen molar-refractivity contribution in [2.24, 2.45) is 0 Å². The highest BCUT2D eigenvalue weighted by Crippen LogP contribution is 2.29. The number of nitrogens with zero attached hydrogens (tertiary/aromatic N) is 1. The van der Waals surface area contributed by atoms with E-state index in [2.05, 4.69) is 40.2 Å². The third-order valence-corrected chi connectivity index (χ3v) is 5.13. The standard InChI is InChI=1S/C17H15BrClNO/c18-15-10-13(6-7-16(15)19)17(21)20-9-8-14(11-20)12-4-2-1-3-5-12/h1-7,10,14H,8-9,11H2. The average Bonchev–Trinajstić information content (AvgIpc) is 3.00. The van der Waals surface area contributed by atoms with Crippen molar-refractivity contribution in [2.75, 3.05) is 13.1 Å². The summed E-state index contributed by atoms with van der Waals surface area (Å²) >= 11 is 9.35. The Hall–Kier alpha value is -1.32. The number of amides is 1. The Morgan fingerprint density at radius 2 is 1.95 bits per heavy atom. The van der Waals surface area contributed by atoms with E-state index >= 15 is 0 Å². The molecule has 108 valence electrons. The molecule has 0 aliphatic carbocycles. The van der Waals surface area contributed by atoms with Crippen molar-refractivity contribution in [3.63, 3.8) is 0 Å². The molecule has 1 saturated heterocycles. The van der Waals surface area contributed by atoms with Crippen LogP contribution in [0.2, 0.25) is 5.02 Å². The van der Waals surface area contributed by atoms with Crippen molar-refractivity contribution in [2.45, 2.75) is 12.3 Å². The molecule has 1 amide bonds. The zero-order valence-electron chi connectivity index (χ0n) is 11.4. The van der Waals surface area contributed by atoms with Gasteiger partial charge in [0.2, 0.25) is 0 Å². The minimum atomic E-state index is 0.0748. The highest BCUT2D eigenvalue weighted by molar-refractivity contribution is 9.10. The van der Waals surface area contributed by atoms with E-state index in [1.807, 2.05) is 11.0 Å². The first kappa shape index (κ1) is 14.6. The van der Waals surface area contributed by atoms with Gasteiger partial charge in [-0.2, -0.15) is 0 Å². The number of carbonyl (C=O) groups is 1. The average molecular weight is 365 g/mol. The lowest BCUT2D eigenvalue weighted by molar-refractivity contribution is 0.0790. The number of carbonyl (C=O) groups excluding carboxylic acids is 1. The first-order valence-electron chi connectivity index (χ1n) is 6.94. The molecule has 3 rings (SSSR count). The molecule has 1 aliphatic rings. The van der Waals surface area contributed by atoms with E-state index in [4.69, 9.17) is 11.6 Å². The first-order chi connectivity index (χ1) is 10.1. The van der Waals surface area contributed by atoms with Crippen molar-refractivity contribution in [3.8, 4) is 0 Å². The molecule has 2 aromatic rings. The minimum absolute atomic E-state index is 0.0748. The van der Waals surface area contributed by atoms with Gasteiger partial charge in [0, 0.05) is 29.0 Å². The largest absolute Gasteiger partial charge is 0.338 e. The highest BCUT2D eigenvalue weighted by atomic mass is 79.9. The van der Waals surface area contributed by atoms with E-state index < -0.39 is 0 Å². The molecule has 1 heterocycles. The second-order valence-corrected chi connectivity index (χ2v) is 6.54. The second kappa shape index (κ2) is 6.20. The van der Waals surface area contributed by atoms with Gasteiger partial charge < -0.3 is 4.90 Å². The van der Waals surface area contributed by atoms with Crippen molar-refractivity contribution in [1.82, 2.24) is 4.90 Å². The number of likely N-dealkylation sites (tertiary alicyclic amines) is 1. The van der Waals surface area contributed by atoms with Gasteiger partial charge in [0.1, 0.15) is 0 Å². The number of rotatable bonds is 2. The van der Waals surface area contributed by atoms with Gasteiger partial charge in [0.25, 0.3) is 5.91 Å². The molecule has 4 heteroatoms. The molecule has 0 spiro atoms. The quantitative estimate of drug-likeness (QED) is 0.754. The molecular weight excluding hydrogens is 350 g/mol. The van der Waals surface area contributed by atoms with E-state index in [1.165, 1.54) is 5.56 Å². The molecular formula is C17H15BrClNO. The third kappa shape index (κ3) is 3.14. The Kier molecular flexibility index (Phi) is 4.32. The molecule has 21 heavy (non-hydrogen) atoms. The van der Waals surface area contributed by atoms with E-state index in [0.717, 1.165) is 24.0 Å². The van der Waals surface area contributed by atoms with Gasteiger partial charge >= 0.3 is 0 Å². The SMILES string of the molecule is O=C(c1ccc(Cl)c(Br)c1)N1CCC(c2ccccc2)C1. The number of halogens is 2. The smallest absolute Gasteiger partial charge is 0.253 e. The van der Waals surface area contributed by atoms with Gasteiger partial charge in [-0.3, -0.25) is 4.79 Å². The Balaban J connectivity index is 1.74. The summed E-state index contributed by atoms with van der Waals surface area (Å²) in [7, 11) is 0. The number of hydrogen-bond acceptors (Lipinski definition) is 1. The Bertz CT molecular complexity index is 659. The molecule has 0 radical (unpaired) electrons. The van der Waals surface area contributed by atoms with Crippen LogP contribution in [-0.4, -0.2) is 23.9 Å². The fourth-order valence-corrected chi connectivity index (χ4v) is 3.25. The predicted molar refractivity (Wildman–Crippen MR) is 88.9 cm³/mol. The number of hydrogen-bond donors (Lipinski definition) is 0. The van der Waals surface area contributed by atoms with Gasteiger partial charge in [-0.25, -0.2) is 0 Å². The maximum Gasteiger partial charge on any atom is 0.253 e. The Labute approximate surface area is 137 Å². The molecule has 0 saturated carbocycles. The van der Waals surface area contributed by atoms with Gasteiger partial charge in [-0.1, -0.05) is 41.9 Å². The Morgan fingerprint density at radius 1 is 1.19 bits per heavy atom. The fraction of sp³-hybridized carbons (Fsp3) is 0.235. The zero-order chi connectivity index (χ0) is 14.8. The molecule has 0 aromatic heterocycles. The zero-order valence-corrected chi connectivity index (χ0v) is 13.8. The molecule has 0 N–H and O–H groups in total. The summed E-state index contributed by atoms with van der Waals surface area (Å²) in [5, 5.41) is 0.620. The van der Waals surface area contributed by atoms with E-state index in [1.54, 1.807) is 18.2 Å². The lowest BCUT2D eigenvalue weighted by Crippen LogP contribution is -2.28. The van der Waals surface area contributed by atoms with Crippen LogP contribution in [0.25, 0.3) is 0 Å². The van der Waals surface area contributed by atoms with Gasteiger partial charge in [-0.15, -0.1) is 0 Å². The van der Waals surface area contributed by atoms with Crippen LogP contribution in [0, 0.1) is 0 Å². The summed E-state index contributed by atoms with van der Waals surface area (Å²) in [6, 6.07) is 15.7. The van der Waals surface area contributed by atoms with Crippen molar-refractivity contribution in [3.05, 3.63) is 69.2 Å². The lowest BCUT2D eigenvalue weighted by atomic mass is 9.99. The summed E-state index contributed by atoms with van der Waals surface area (Å²) in [5.41, 5.74) is 1.99. The van der Waals surface area contributed by atoms with Crippen LogP contribution in [-0.2, 0) is 0 Å².